The molecule has 1 aliphatic heterocycles. The van der Waals surface area contributed by atoms with Crippen molar-refractivity contribution in [3.63, 3.8) is 0 Å². The third-order valence-electron chi connectivity index (χ3n) is 2.63. The van der Waals surface area contributed by atoms with Crippen molar-refractivity contribution in [1.29, 1.82) is 0 Å². The van der Waals surface area contributed by atoms with Gasteiger partial charge in [-0.2, -0.15) is 5.10 Å². The summed E-state index contributed by atoms with van der Waals surface area (Å²) in [5, 5.41) is 6.78. The summed E-state index contributed by atoms with van der Waals surface area (Å²) in [7, 11) is 0. The van der Waals surface area contributed by atoms with Crippen molar-refractivity contribution in [3.05, 3.63) is 24.3 Å². The molecule has 0 spiro atoms. The molecule has 20 heavy (non-hydrogen) atoms. The lowest BCUT2D eigenvalue weighted by molar-refractivity contribution is -0.124. The summed E-state index contributed by atoms with van der Waals surface area (Å²) >= 11 is 0. The van der Waals surface area contributed by atoms with E-state index in [4.69, 9.17) is 0 Å². The van der Waals surface area contributed by atoms with Crippen LogP contribution in [0.15, 0.2) is 23.7 Å². The van der Waals surface area contributed by atoms with Gasteiger partial charge in [0.15, 0.2) is 0 Å². The van der Waals surface area contributed by atoms with Gasteiger partial charge >= 0.3 is 0 Å². The van der Waals surface area contributed by atoms with Gasteiger partial charge < -0.3 is 5.32 Å². The topological polar surface area (TPSA) is 96.3 Å². The van der Waals surface area contributed by atoms with Crippen LogP contribution in [0.1, 0.15) is 37.7 Å². The van der Waals surface area contributed by atoms with Crippen molar-refractivity contribution in [2.75, 3.05) is 0 Å². The molecule has 106 valence electrons. The first kappa shape index (κ1) is 14.1. The fourth-order valence-corrected chi connectivity index (χ4v) is 1.76. The second-order valence-electron chi connectivity index (χ2n) is 5.60. The predicted octanol–water partition coefficient (Wildman–Crippen LogP) is 0.292. The second-order valence-corrected chi connectivity index (χ2v) is 5.60. The first-order valence-corrected chi connectivity index (χ1v) is 6.31. The molecule has 0 bridgehead atoms. The van der Waals surface area contributed by atoms with Crippen LogP contribution in [-0.2, 0) is 4.79 Å². The van der Waals surface area contributed by atoms with Gasteiger partial charge in [-0.25, -0.2) is 4.98 Å². The van der Waals surface area contributed by atoms with Gasteiger partial charge in [-0.1, -0.05) is 0 Å². The summed E-state index contributed by atoms with van der Waals surface area (Å²) < 4.78 is 0. The average Bonchev–Trinajstić information content (AvgIpc) is 2.86. The Morgan fingerprint density at radius 1 is 1.35 bits per heavy atom. The monoisotopic (exact) mass is 275 g/mol. The van der Waals surface area contributed by atoms with Crippen LogP contribution in [0.25, 0.3) is 0 Å². The standard InChI is InChI=1S/C13H17N5O2/c1-13(2,3)16-12(20)9-6-8(17-18-9)11(19)10-7-14-4-5-15-10/h4-5,7,9,18H,6H2,1-3H3,(H,16,20). The maximum atomic E-state index is 12.1. The quantitative estimate of drug-likeness (QED) is 0.773. The number of amides is 1. The molecular formula is C13H17N5O2. The zero-order valence-corrected chi connectivity index (χ0v) is 11.7. The molecule has 0 fully saturated rings. The highest BCUT2D eigenvalue weighted by molar-refractivity contribution is 6.46. The fourth-order valence-electron chi connectivity index (χ4n) is 1.76. The lowest BCUT2D eigenvalue weighted by atomic mass is 10.0. The van der Waals surface area contributed by atoms with E-state index in [9.17, 15) is 9.59 Å². The number of nitrogens with one attached hydrogen (secondary N) is 2. The maximum absolute atomic E-state index is 12.1. The Kier molecular flexibility index (Phi) is 3.78. The molecule has 1 atom stereocenters. The lowest BCUT2D eigenvalue weighted by Gasteiger charge is -2.22. The summed E-state index contributed by atoms with van der Waals surface area (Å²) in [4.78, 5) is 31.8. The summed E-state index contributed by atoms with van der Waals surface area (Å²) in [6.07, 6.45) is 4.57. The molecule has 1 aromatic rings. The highest BCUT2D eigenvalue weighted by atomic mass is 16.2. The van der Waals surface area contributed by atoms with E-state index in [-0.39, 0.29) is 29.3 Å². The van der Waals surface area contributed by atoms with Crippen molar-refractivity contribution in [1.82, 2.24) is 20.7 Å². The third-order valence-corrected chi connectivity index (χ3v) is 2.63. The summed E-state index contributed by atoms with van der Waals surface area (Å²) in [5.41, 5.74) is 2.88. The molecule has 1 aromatic heterocycles. The van der Waals surface area contributed by atoms with Gasteiger partial charge in [0, 0.05) is 24.4 Å². The normalized spacial score (nSPS) is 18.1. The smallest absolute Gasteiger partial charge is 0.244 e. The molecule has 0 saturated carbocycles. The van der Waals surface area contributed by atoms with E-state index in [1.54, 1.807) is 0 Å². The average molecular weight is 275 g/mol. The van der Waals surface area contributed by atoms with Gasteiger partial charge in [-0.3, -0.25) is 20.0 Å². The van der Waals surface area contributed by atoms with Gasteiger partial charge in [0.1, 0.15) is 17.4 Å². The van der Waals surface area contributed by atoms with E-state index < -0.39 is 6.04 Å². The van der Waals surface area contributed by atoms with Crippen molar-refractivity contribution in [2.24, 2.45) is 5.10 Å². The number of carbonyl (C=O) groups excluding carboxylic acids is 2. The number of Topliss-reactive ketones (excluding diaryl/α,β-unsaturated/α-hetero) is 1. The Hall–Kier alpha value is -2.31. The Balaban J connectivity index is 1.99. The summed E-state index contributed by atoms with van der Waals surface area (Å²) in [6, 6.07) is -0.523. The van der Waals surface area contributed by atoms with Crippen LogP contribution >= 0.6 is 0 Å². The highest BCUT2D eigenvalue weighted by Gasteiger charge is 2.31. The Morgan fingerprint density at radius 2 is 2.10 bits per heavy atom. The highest BCUT2D eigenvalue weighted by Crippen LogP contribution is 2.10. The van der Waals surface area contributed by atoms with E-state index in [1.807, 2.05) is 20.8 Å². The molecule has 1 unspecified atom stereocenters. The van der Waals surface area contributed by atoms with E-state index in [0.29, 0.717) is 5.71 Å². The van der Waals surface area contributed by atoms with Crippen molar-refractivity contribution >= 4 is 17.4 Å². The van der Waals surface area contributed by atoms with E-state index in [1.165, 1.54) is 18.6 Å². The van der Waals surface area contributed by atoms with Gasteiger partial charge in [0.05, 0.1) is 6.20 Å². The van der Waals surface area contributed by atoms with Crippen LogP contribution in [0.2, 0.25) is 0 Å². The van der Waals surface area contributed by atoms with E-state index in [2.05, 4.69) is 25.8 Å². The minimum atomic E-state index is -0.523. The molecule has 1 aliphatic rings. The zero-order valence-electron chi connectivity index (χ0n) is 11.7. The first-order valence-electron chi connectivity index (χ1n) is 6.31. The molecule has 2 N–H and O–H groups in total. The van der Waals surface area contributed by atoms with E-state index >= 15 is 0 Å². The molecule has 0 aliphatic carbocycles. The summed E-state index contributed by atoms with van der Waals surface area (Å²) in [6.45, 7) is 5.69. The number of ketones is 1. The number of aromatic nitrogens is 2. The largest absolute Gasteiger partial charge is 0.350 e. The number of hydrogen-bond acceptors (Lipinski definition) is 6. The number of carbonyl (C=O) groups is 2. The van der Waals surface area contributed by atoms with Crippen molar-refractivity contribution < 1.29 is 9.59 Å². The number of hydrogen-bond donors (Lipinski definition) is 2. The van der Waals surface area contributed by atoms with Crippen molar-refractivity contribution in [3.8, 4) is 0 Å². The minimum Gasteiger partial charge on any atom is -0.350 e. The molecule has 0 aromatic carbocycles. The van der Waals surface area contributed by atoms with Crippen LogP contribution < -0.4 is 10.7 Å². The Labute approximate surface area is 116 Å². The molecular weight excluding hydrogens is 258 g/mol. The molecule has 7 nitrogen and oxygen atoms in total. The molecule has 2 heterocycles. The zero-order chi connectivity index (χ0) is 14.8. The molecule has 0 radical (unpaired) electrons. The molecule has 7 heteroatoms. The van der Waals surface area contributed by atoms with Crippen LogP contribution in [0, 0.1) is 0 Å². The fraction of sp³-hybridized carbons (Fsp3) is 0.462. The summed E-state index contributed by atoms with van der Waals surface area (Å²) in [5.74, 6) is -0.486. The minimum absolute atomic E-state index is 0.178. The SMILES string of the molecule is CC(C)(C)NC(=O)C1CC(C(=O)c2cnccn2)=NN1. The molecule has 1 amide bonds. The van der Waals surface area contributed by atoms with Gasteiger partial charge in [-0.15, -0.1) is 0 Å². The Morgan fingerprint density at radius 3 is 2.70 bits per heavy atom. The third kappa shape index (κ3) is 3.37. The predicted molar refractivity (Wildman–Crippen MR) is 73.2 cm³/mol. The van der Waals surface area contributed by atoms with Crippen LogP contribution in [0.4, 0.5) is 0 Å². The Bertz CT molecular complexity index is 548. The van der Waals surface area contributed by atoms with Gasteiger partial charge in [0.2, 0.25) is 11.7 Å². The maximum Gasteiger partial charge on any atom is 0.244 e. The lowest BCUT2D eigenvalue weighted by Crippen LogP contribution is -2.48. The van der Waals surface area contributed by atoms with Crippen LogP contribution in [-0.4, -0.2) is 39.0 Å². The first-order chi connectivity index (χ1) is 9.37. The van der Waals surface area contributed by atoms with E-state index in [0.717, 1.165) is 0 Å². The number of hydrazone groups is 1. The number of rotatable bonds is 3. The second kappa shape index (κ2) is 5.36. The van der Waals surface area contributed by atoms with Gasteiger partial charge in [-0.05, 0) is 20.8 Å². The molecule has 2 rings (SSSR count). The van der Waals surface area contributed by atoms with Crippen LogP contribution in [0.5, 0.6) is 0 Å². The molecule has 0 saturated heterocycles. The van der Waals surface area contributed by atoms with Crippen molar-refractivity contribution in [2.45, 2.75) is 38.8 Å². The number of nitrogens with zero attached hydrogens (tertiary/aromatic N) is 3. The van der Waals surface area contributed by atoms with Crippen LogP contribution in [0.3, 0.4) is 0 Å². The van der Waals surface area contributed by atoms with Gasteiger partial charge in [0.25, 0.3) is 0 Å².